The van der Waals surface area contributed by atoms with Crippen LogP contribution in [0.5, 0.6) is 0 Å². The molecule has 0 aromatic heterocycles. The summed E-state index contributed by atoms with van der Waals surface area (Å²) in [5.74, 6) is 1.16. The van der Waals surface area contributed by atoms with Crippen molar-refractivity contribution in [3.63, 3.8) is 0 Å². The molecule has 0 aromatic carbocycles. The summed E-state index contributed by atoms with van der Waals surface area (Å²) in [7, 11) is 1.97. The molecule has 0 radical (unpaired) electrons. The van der Waals surface area contributed by atoms with E-state index in [4.69, 9.17) is 5.73 Å². The van der Waals surface area contributed by atoms with Crippen LogP contribution in [0.2, 0.25) is 0 Å². The minimum atomic E-state index is 0.610. The molecule has 0 aliphatic carbocycles. The SMILES string of the molecule is CNCCSC(C)CN. The zero-order chi connectivity index (χ0) is 7.11. The summed E-state index contributed by atoms with van der Waals surface area (Å²) in [4.78, 5) is 0. The molecule has 0 rings (SSSR count). The van der Waals surface area contributed by atoms with Gasteiger partial charge in [-0.3, -0.25) is 0 Å². The van der Waals surface area contributed by atoms with Crippen LogP contribution in [0.4, 0.5) is 0 Å². The standard InChI is InChI=1S/C6H16N2S/c1-6(5-7)9-4-3-8-2/h6,8H,3-5,7H2,1-2H3. The maximum absolute atomic E-state index is 5.41. The smallest absolute Gasteiger partial charge is 0.0142 e. The highest BCUT2D eigenvalue weighted by Gasteiger charge is 1.96. The zero-order valence-electron chi connectivity index (χ0n) is 6.18. The molecule has 0 aliphatic rings. The third kappa shape index (κ3) is 6.15. The summed E-state index contributed by atoms with van der Waals surface area (Å²) < 4.78 is 0. The van der Waals surface area contributed by atoms with Crippen LogP contribution in [0.15, 0.2) is 0 Å². The monoisotopic (exact) mass is 148 g/mol. The first-order chi connectivity index (χ1) is 4.31. The van der Waals surface area contributed by atoms with Gasteiger partial charge in [0, 0.05) is 24.1 Å². The Kier molecular flexibility index (Phi) is 6.58. The predicted molar refractivity (Wildman–Crippen MR) is 44.9 cm³/mol. The van der Waals surface area contributed by atoms with Crippen LogP contribution in [-0.2, 0) is 0 Å². The van der Waals surface area contributed by atoms with Crippen LogP contribution in [0.3, 0.4) is 0 Å². The van der Waals surface area contributed by atoms with Gasteiger partial charge in [0.05, 0.1) is 0 Å². The molecule has 9 heavy (non-hydrogen) atoms. The summed E-state index contributed by atoms with van der Waals surface area (Å²) in [6, 6.07) is 0. The Labute approximate surface area is 61.6 Å². The summed E-state index contributed by atoms with van der Waals surface area (Å²) in [5.41, 5.74) is 5.41. The Bertz CT molecular complexity index is 59.0. The molecule has 3 N–H and O–H groups in total. The van der Waals surface area contributed by atoms with Crippen molar-refractivity contribution >= 4 is 11.8 Å². The van der Waals surface area contributed by atoms with E-state index in [1.165, 1.54) is 0 Å². The molecule has 0 amide bonds. The molecule has 0 spiro atoms. The molecule has 0 aliphatic heterocycles. The minimum absolute atomic E-state index is 0.610. The first-order valence-electron chi connectivity index (χ1n) is 3.27. The van der Waals surface area contributed by atoms with Gasteiger partial charge in [0.25, 0.3) is 0 Å². The Balaban J connectivity index is 2.88. The van der Waals surface area contributed by atoms with E-state index in [9.17, 15) is 0 Å². The normalized spacial score (nSPS) is 13.7. The number of hydrogen-bond acceptors (Lipinski definition) is 3. The second-order valence-corrected chi connectivity index (χ2v) is 3.57. The van der Waals surface area contributed by atoms with Gasteiger partial charge >= 0.3 is 0 Å². The van der Waals surface area contributed by atoms with Crippen molar-refractivity contribution in [2.24, 2.45) is 5.73 Å². The summed E-state index contributed by atoms with van der Waals surface area (Å²) >= 11 is 1.91. The van der Waals surface area contributed by atoms with Crippen molar-refractivity contribution in [2.45, 2.75) is 12.2 Å². The molecule has 0 aromatic rings. The van der Waals surface area contributed by atoms with E-state index in [2.05, 4.69) is 12.2 Å². The van der Waals surface area contributed by atoms with Crippen LogP contribution >= 0.6 is 11.8 Å². The number of hydrogen-bond donors (Lipinski definition) is 2. The quantitative estimate of drug-likeness (QED) is 0.550. The van der Waals surface area contributed by atoms with E-state index in [0.717, 1.165) is 18.8 Å². The van der Waals surface area contributed by atoms with Crippen molar-refractivity contribution in [3.05, 3.63) is 0 Å². The summed E-state index contributed by atoms with van der Waals surface area (Å²) in [6.45, 7) is 4.02. The Hall–Kier alpha value is 0.270. The molecule has 0 saturated heterocycles. The average molecular weight is 148 g/mol. The van der Waals surface area contributed by atoms with E-state index >= 15 is 0 Å². The molecule has 0 saturated carbocycles. The number of rotatable bonds is 5. The summed E-state index contributed by atoms with van der Waals surface area (Å²) in [6.07, 6.45) is 0. The van der Waals surface area contributed by atoms with Gasteiger partial charge in [-0.25, -0.2) is 0 Å². The number of nitrogens with one attached hydrogen (secondary N) is 1. The maximum Gasteiger partial charge on any atom is 0.0142 e. The minimum Gasteiger partial charge on any atom is -0.329 e. The second-order valence-electron chi connectivity index (χ2n) is 2.02. The predicted octanol–water partition coefficient (Wildman–Crippen LogP) is 0.286. The topological polar surface area (TPSA) is 38.0 Å². The largest absolute Gasteiger partial charge is 0.329 e. The summed E-state index contributed by atoms with van der Waals surface area (Å²) in [5, 5.41) is 3.70. The lowest BCUT2D eigenvalue weighted by Crippen LogP contribution is -2.16. The van der Waals surface area contributed by atoms with Gasteiger partial charge in [-0.2, -0.15) is 11.8 Å². The zero-order valence-corrected chi connectivity index (χ0v) is 7.00. The molecule has 1 unspecified atom stereocenters. The first kappa shape index (κ1) is 9.27. The van der Waals surface area contributed by atoms with Crippen LogP contribution in [0.1, 0.15) is 6.92 Å². The van der Waals surface area contributed by atoms with Crippen LogP contribution in [0, 0.1) is 0 Å². The van der Waals surface area contributed by atoms with Gasteiger partial charge in [-0.15, -0.1) is 0 Å². The Morgan fingerprint density at radius 3 is 2.78 bits per heavy atom. The van der Waals surface area contributed by atoms with E-state index in [1.807, 2.05) is 18.8 Å². The highest BCUT2D eigenvalue weighted by Crippen LogP contribution is 2.06. The maximum atomic E-state index is 5.41. The first-order valence-corrected chi connectivity index (χ1v) is 4.32. The Morgan fingerprint density at radius 1 is 1.67 bits per heavy atom. The van der Waals surface area contributed by atoms with Gasteiger partial charge in [0.2, 0.25) is 0 Å². The third-order valence-electron chi connectivity index (χ3n) is 1.09. The van der Waals surface area contributed by atoms with Crippen molar-refractivity contribution in [1.82, 2.24) is 5.32 Å². The van der Waals surface area contributed by atoms with Gasteiger partial charge in [0.1, 0.15) is 0 Å². The highest BCUT2D eigenvalue weighted by atomic mass is 32.2. The van der Waals surface area contributed by atoms with Crippen LogP contribution < -0.4 is 11.1 Å². The Morgan fingerprint density at radius 2 is 2.33 bits per heavy atom. The lowest BCUT2D eigenvalue weighted by molar-refractivity contribution is 0.865. The average Bonchev–Trinajstić information content (AvgIpc) is 1.89. The van der Waals surface area contributed by atoms with E-state index < -0.39 is 0 Å². The van der Waals surface area contributed by atoms with Gasteiger partial charge in [0.15, 0.2) is 0 Å². The van der Waals surface area contributed by atoms with E-state index in [-0.39, 0.29) is 0 Å². The molecule has 0 heterocycles. The lowest BCUT2D eigenvalue weighted by atomic mass is 10.5. The fourth-order valence-electron chi connectivity index (χ4n) is 0.430. The van der Waals surface area contributed by atoms with Crippen molar-refractivity contribution in [1.29, 1.82) is 0 Å². The van der Waals surface area contributed by atoms with Gasteiger partial charge in [-0.05, 0) is 7.05 Å². The van der Waals surface area contributed by atoms with E-state index in [0.29, 0.717) is 5.25 Å². The molecule has 56 valence electrons. The highest BCUT2D eigenvalue weighted by molar-refractivity contribution is 7.99. The molecule has 0 fully saturated rings. The van der Waals surface area contributed by atoms with Gasteiger partial charge in [-0.1, -0.05) is 6.92 Å². The molecular weight excluding hydrogens is 132 g/mol. The molecule has 1 atom stereocenters. The van der Waals surface area contributed by atoms with E-state index in [1.54, 1.807) is 0 Å². The molecular formula is C6H16N2S. The van der Waals surface area contributed by atoms with Crippen molar-refractivity contribution in [3.8, 4) is 0 Å². The fourth-order valence-corrected chi connectivity index (χ4v) is 1.29. The van der Waals surface area contributed by atoms with Crippen LogP contribution in [-0.4, -0.2) is 31.1 Å². The number of thioether (sulfide) groups is 1. The second kappa shape index (κ2) is 6.39. The van der Waals surface area contributed by atoms with Gasteiger partial charge < -0.3 is 11.1 Å². The molecule has 2 nitrogen and oxygen atoms in total. The fraction of sp³-hybridized carbons (Fsp3) is 1.00. The molecule has 3 heteroatoms. The third-order valence-corrected chi connectivity index (χ3v) is 2.29. The lowest BCUT2D eigenvalue weighted by Gasteiger charge is -2.06. The van der Waals surface area contributed by atoms with Crippen LogP contribution in [0.25, 0.3) is 0 Å². The van der Waals surface area contributed by atoms with Crippen molar-refractivity contribution < 1.29 is 0 Å². The van der Waals surface area contributed by atoms with Crippen molar-refractivity contribution in [2.75, 3.05) is 25.9 Å². The molecule has 0 bridgehead atoms. The number of nitrogens with two attached hydrogens (primary N) is 1.